The molecule has 90 valence electrons. The van der Waals surface area contributed by atoms with Crippen LogP contribution in [0.15, 0.2) is 16.6 Å². The van der Waals surface area contributed by atoms with Crippen LogP contribution in [0.3, 0.4) is 0 Å². The number of hydrogen-bond donors (Lipinski definition) is 1. The van der Waals surface area contributed by atoms with Gasteiger partial charge in [0.2, 0.25) is 0 Å². The van der Waals surface area contributed by atoms with Gasteiger partial charge in [-0.2, -0.15) is 0 Å². The number of methoxy groups -OCH3 is 1. The average molecular weight is 288 g/mol. The van der Waals surface area contributed by atoms with E-state index < -0.39 is 0 Å². The Hall–Kier alpha value is -0.740. The van der Waals surface area contributed by atoms with Crippen molar-refractivity contribution in [3.8, 4) is 5.75 Å². The summed E-state index contributed by atoms with van der Waals surface area (Å²) in [6.07, 6.45) is 1.98. The van der Waals surface area contributed by atoms with Gasteiger partial charge in [-0.25, -0.2) is 0 Å². The van der Waals surface area contributed by atoms with E-state index >= 15 is 0 Å². The van der Waals surface area contributed by atoms with Crippen molar-refractivity contribution in [2.75, 3.05) is 26.1 Å². The Bertz CT molecular complexity index is 319. The van der Waals surface area contributed by atoms with E-state index in [1.54, 1.807) is 7.11 Å². The first-order chi connectivity index (χ1) is 7.65. The lowest BCUT2D eigenvalue weighted by molar-refractivity contribution is 0.184. The summed E-state index contributed by atoms with van der Waals surface area (Å²) >= 11 is 3.40. The Morgan fingerprint density at radius 2 is 1.94 bits per heavy atom. The lowest BCUT2D eigenvalue weighted by Gasteiger charge is -2.12. The van der Waals surface area contributed by atoms with Crippen LogP contribution in [-0.4, -0.2) is 20.3 Å². The molecule has 1 aromatic rings. The normalized spacial score (nSPS) is 10.4. The van der Waals surface area contributed by atoms with Gasteiger partial charge < -0.3 is 15.2 Å². The molecule has 0 fully saturated rings. The number of halogens is 1. The highest BCUT2D eigenvalue weighted by atomic mass is 79.9. The summed E-state index contributed by atoms with van der Waals surface area (Å²) in [5, 5.41) is 0. The first-order valence-electron chi connectivity index (χ1n) is 5.32. The largest absolute Gasteiger partial charge is 0.491 e. The van der Waals surface area contributed by atoms with Crippen molar-refractivity contribution in [1.82, 2.24) is 0 Å². The summed E-state index contributed by atoms with van der Waals surface area (Å²) in [5.74, 6) is 0.792. The molecule has 16 heavy (non-hydrogen) atoms. The zero-order valence-corrected chi connectivity index (χ0v) is 11.3. The molecule has 0 aliphatic heterocycles. The zero-order chi connectivity index (χ0) is 12.0. The molecule has 0 unspecified atom stereocenters. The van der Waals surface area contributed by atoms with Crippen molar-refractivity contribution in [3.63, 3.8) is 0 Å². The van der Waals surface area contributed by atoms with Crippen LogP contribution >= 0.6 is 15.9 Å². The molecule has 1 aromatic carbocycles. The molecule has 0 atom stereocenters. The summed E-state index contributed by atoms with van der Waals surface area (Å²) in [6, 6.07) is 3.86. The second-order valence-electron chi connectivity index (χ2n) is 3.69. The second kappa shape index (κ2) is 6.76. The SMILES string of the molecule is COCCCCOc1c(C)cc(Br)cc1N. The average Bonchev–Trinajstić information content (AvgIpc) is 2.20. The van der Waals surface area contributed by atoms with Gasteiger partial charge in [-0.1, -0.05) is 15.9 Å². The Labute approximate surface area is 105 Å². The maximum absolute atomic E-state index is 5.88. The Balaban J connectivity index is 2.47. The summed E-state index contributed by atoms with van der Waals surface area (Å²) < 4.78 is 11.6. The Morgan fingerprint density at radius 3 is 2.56 bits per heavy atom. The number of benzene rings is 1. The van der Waals surface area contributed by atoms with Crippen molar-refractivity contribution in [2.45, 2.75) is 19.8 Å². The second-order valence-corrected chi connectivity index (χ2v) is 4.61. The summed E-state index contributed by atoms with van der Waals surface area (Å²) in [7, 11) is 1.71. The van der Waals surface area contributed by atoms with Gasteiger partial charge in [0.05, 0.1) is 12.3 Å². The molecule has 0 heterocycles. The summed E-state index contributed by atoms with van der Waals surface area (Å²) in [5.41, 5.74) is 7.62. The maximum atomic E-state index is 5.88. The fourth-order valence-corrected chi connectivity index (χ4v) is 2.07. The Kier molecular flexibility index (Phi) is 5.63. The smallest absolute Gasteiger partial charge is 0.145 e. The number of unbranched alkanes of at least 4 members (excludes halogenated alkanes) is 1. The number of nitrogen functional groups attached to an aromatic ring is 1. The van der Waals surface area contributed by atoms with Crippen LogP contribution < -0.4 is 10.5 Å². The van der Waals surface area contributed by atoms with Crippen molar-refractivity contribution >= 4 is 21.6 Å². The molecular formula is C12H18BrNO2. The first-order valence-corrected chi connectivity index (χ1v) is 6.12. The molecule has 0 saturated carbocycles. The van der Waals surface area contributed by atoms with Crippen LogP contribution in [0.5, 0.6) is 5.75 Å². The van der Waals surface area contributed by atoms with Gasteiger partial charge in [0.1, 0.15) is 5.75 Å². The van der Waals surface area contributed by atoms with Crippen molar-refractivity contribution in [1.29, 1.82) is 0 Å². The fourth-order valence-electron chi connectivity index (χ4n) is 1.48. The van der Waals surface area contributed by atoms with Crippen LogP contribution in [-0.2, 0) is 4.74 Å². The molecular weight excluding hydrogens is 270 g/mol. The van der Waals surface area contributed by atoms with Crippen LogP contribution in [0.4, 0.5) is 5.69 Å². The number of anilines is 1. The molecule has 0 bridgehead atoms. The van der Waals surface area contributed by atoms with E-state index in [9.17, 15) is 0 Å². The number of ether oxygens (including phenoxy) is 2. The number of rotatable bonds is 6. The van der Waals surface area contributed by atoms with Gasteiger partial charge in [-0.05, 0) is 37.5 Å². The van der Waals surface area contributed by atoms with E-state index in [1.165, 1.54) is 0 Å². The van der Waals surface area contributed by atoms with Crippen molar-refractivity contribution in [2.24, 2.45) is 0 Å². The molecule has 0 saturated heterocycles. The molecule has 4 heteroatoms. The number of nitrogens with two attached hydrogens (primary N) is 1. The predicted molar refractivity (Wildman–Crippen MR) is 69.9 cm³/mol. The molecule has 0 aromatic heterocycles. The van der Waals surface area contributed by atoms with E-state index in [-0.39, 0.29) is 0 Å². The molecule has 0 amide bonds. The molecule has 0 spiro atoms. The van der Waals surface area contributed by atoms with Gasteiger partial charge in [0.25, 0.3) is 0 Å². The third-order valence-electron chi connectivity index (χ3n) is 2.26. The zero-order valence-electron chi connectivity index (χ0n) is 9.75. The highest BCUT2D eigenvalue weighted by molar-refractivity contribution is 9.10. The van der Waals surface area contributed by atoms with Gasteiger partial charge in [0, 0.05) is 18.2 Å². The van der Waals surface area contributed by atoms with E-state index in [4.69, 9.17) is 15.2 Å². The summed E-state index contributed by atoms with van der Waals surface area (Å²) in [6.45, 7) is 3.44. The highest BCUT2D eigenvalue weighted by Crippen LogP contribution is 2.30. The minimum absolute atomic E-state index is 0.677. The molecule has 0 aliphatic rings. The van der Waals surface area contributed by atoms with Crippen LogP contribution in [0.25, 0.3) is 0 Å². The standard InChI is InChI=1S/C12H18BrNO2/c1-9-7-10(13)8-11(14)12(9)16-6-4-3-5-15-2/h7-8H,3-6,14H2,1-2H3. The topological polar surface area (TPSA) is 44.5 Å². The van der Waals surface area contributed by atoms with E-state index in [1.807, 2.05) is 19.1 Å². The van der Waals surface area contributed by atoms with Gasteiger partial charge in [-0.3, -0.25) is 0 Å². The molecule has 0 radical (unpaired) electrons. The van der Waals surface area contributed by atoms with Crippen molar-refractivity contribution < 1.29 is 9.47 Å². The number of hydrogen-bond acceptors (Lipinski definition) is 3. The van der Waals surface area contributed by atoms with Crippen LogP contribution in [0.2, 0.25) is 0 Å². The minimum Gasteiger partial charge on any atom is -0.491 e. The third-order valence-corrected chi connectivity index (χ3v) is 2.72. The van der Waals surface area contributed by atoms with Crippen molar-refractivity contribution in [3.05, 3.63) is 22.2 Å². The summed E-state index contributed by atoms with van der Waals surface area (Å²) in [4.78, 5) is 0. The van der Waals surface area contributed by atoms with E-state index in [0.29, 0.717) is 12.3 Å². The molecule has 2 N–H and O–H groups in total. The van der Waals surface area contributed by atoms with Gasteiger partial charge in [-0.15, -0.1) is 0 Å². The predicted octanol–water partition coefficient (Wildman–Crippen LogP) is 3.15. The Morgan fingerprint density at radius 1 is 1.25 bits per heavy atom. The van der Waals surface area contributed by atoms with Crippen LogP contribution in [0, 0.1) is 6.92 Å². The highest BCUT2D eigenvalue weighted by Gasteiger charge is 2.05. The fraction of sp³-hybridized carbons (Fsp3) is 0.500. The number of aryl methyl sites for hydroxylation is 1. The third kappa shape index (κ3) is 4.02. The van der Waals surface area contributed by atoms with E-state index in [2.05, 4.69) is 15.9 Å². The van der Waals surface area contributed by atoms with Gasteiger partial charge >= 0.3 is 0 Å². The lowest BCUT2D eigenvalue weighted by atomic mass is 10.2. The monoisotopic (exact) mass is 287 g/mol. The quantitative estimate of drug-likeness (QED) is 0.646. The van der Waals surface area contributed by atoms with Crippen LogP contribution in [0.1, 0.15) is 18.4 Å². The van der Waals surface area contributed by atoms with E-state index in [0.717, 1.165) is 35.2 Å². The molecule has 1 rings (SSSR count). The lowest BCUT2D eigenvalue weighted by Crippen LogP contribution is -2.03. The minimum atomic E-state index is 0.677. The maximum Gasteiger partial charge on any atom is 0.145 e. The molecule has 3 nitrogen and oxygen atoms in total. The van der Waals surface area contributed by atoms with Gasteiger partial charge in [0.15, 0.2) is 0 Å². The molecule has 0 aliphatic carbocycles. The first kappa shape index (κ1) is 13.3.